The number of likely N-dealkylation sites (tertiary alicyclic amines) is 1. The first-order valence-corrected chi connectivity index (χ1v) is 7.91. The molecule has 0 saturated carbocycles. The molecule has 1 amide bonds. The molecule has 2 heterocycles. The largest absolute Gasteiger partial charge is 0.394 e. The van der Waals surface area contributed by atoms with Gasteiger partial charge in [-0.3, -0.25) is 4.79 Å². The molecule has 2 rings (SSSR count). The Kier molecular flexibility index (Phi) is 6.08. The van der Waals surface area contributed by atoms with Gasteiger partial charge in [0.2, 0.25) is 0 Å². The van der Waals surface area contributed by atoms with E-state index in [1.54, 1.807) is 6.07 Å². The fourth-order valence-electron chi connectivity index (χ4n) is 2.69. The minimum absolute atomic E-state index is 0.0379. The number of aromatic nitrogens is 1. The van der Waals surface area contributed by atoms with Crippen molar-refractivity contribution in [2.24, 2.45) is 0 Å². The van der Waals surface area contributed by atoms with Crippen molar-refractivity contribution in [3.8, 4) is 0 Å². The number of rotatable bonds is 6. The van der Waals surface area contributed by atoms with Crippen LogP contribution in [0.1, 0.15) is 36.7 Å². The zero-order chi connectivity index (χ0) is 15.2. The molecule has 0 aliphatic carbocycles. The van der Waals surface area contributed by atoms with Gasteiger partial charge in [0.05, 0.1) is 24.3 Å². The summed E-state index contributed by atoms with van der Waals surface area (Å²) in [5, 5.41) is 9.37. The van der Waals surface area contributed by atoms with Crippen molar-refractivity contribution in [1.82, 2.24) is 9.47 Å². The van der Waals surface area contributed by atoms with E-state index in [-0.39, 0.29) is 18.6 Å². The number of ether oxygens (including phenoxy) is 1. The lowest BCUT2D eigenvalue weighted by Gasteiger charge is -2.32. The van der Waals surface area contributed by atoms with Gasteiger partial charge in [0.25, 0.3) is 5.91 Å². The van der Waals surface area contributed by atoms with Crippen molar-refractivity contribution in [2.45, 2.75) is 38.8 Å². The van der Waals surface area contributed by atoms with E-state index in [1.807, 2.05) is 15.7 Å². The maximum Gasteiger partial charge on any atom is 0.270 e. The molecule has 1 N–H and O–H groups in total. The summed E-state index contributed by atoms with van der Waals surface area (Å²) in [6.07, 6.45) is 4.55. The second-order valence-electron chi connectivity index (χ2n) is 5.32. The molecule has 21 heavy (non-hydrogen) atoms. The van der Waals surface area contributed by atoms with E-state index < -0.39 is 0 Å². The van der Waals surface area contributed by atoms with Gasteiger partial charge in [-0.2, -0.15) is 0 Å². The average molecular weight is 315 g/mol. The molecule has 6 heteroatoms. The Hall–Kier alpha value is -1.04. The predicted molar refractivity (Wildman–Crippen MR) is 81.7 cm³/mol. The molecule has 0 aromatic carbocycles. The van der Waals surface area contributed by atoms with Crippen molar-refractivity contribution in [3.05, 3.63) is 23.0 Å². The maximum atomic E-state index is 12.6. The van der Waals surface area contributed by atoms with Crippen molar-refractivity contribution in [2.75, 3.05) is 26.3 Å². The molecule has 1 aliphatic rings. The zero-order valence-corrected chi connectivity index (χ0v) is 13.2. The lowest BCUT2D eigenvalue weighted by Crippen LogP contribution is -2.41. The Balaban J connectivity index is 1.95. The summed E-state index contributed by atoms with van der Waals surface area (Å²) in [5.41, 5.74) is 0.663. The van der Waals surface area contributed by atoms with Gasteiger partial charge in [-0.15, -0.1) is 0 Å². The van der Waals surface area contributed by atoms with E-state index in [9.17, 15) is 4.79 Å². The molecule has 1 fully saturated rings. The van der Waals surface area contributed by atoms with Gasteiger partial charge in [0, 0.05) is 25.8 Å². The van der Waals surface area contributed by atoms with Crippen LogP contribution < -0.4 is 0 Å². The van der Waals surface area contributed by atoms with Gasteiger partial charge in [0.15, 0.2) is 0 Å². The standard InChI is InChI=1S/C15H23ClN2O3/c1-2-5-18-11-12(16)10-14(18)15(20)17-6-3-13(4-7-17)21-9-8-19/h10-11,13,19H,2-9H2,1H3. The first-order chi connectivity index (χ1) is 10.2. The summed E-state index contributed by atoms with van der Waals surface area (Å²) >= 11 is 6.03. The number of nitrogens with zero attached hydrogens (tertiary/aromatic N) is 2. The van der Waals surface area contributed by atoms with E-state index in [0.29, 0.717) is 30.4 Å². The lowest BCUT2D eigenvalue weighted by molar-refractivity contribution is -0.00573. The summed E-state index contributed by atoms with van der Waals surface area (Å²) in [7, 11) is 0. The summed E-state index contributed by atoms with van der Waals surface area (Å²) in [6.45, 7) is 4.65. The maximum absolute atomic E-state index is 12.6. The average Bonchev–Trinajstić information content (AvgIpc) is 2.86. The van der Waals surface area contributed by atoms with Gasteiger partial charge in [-0.25, -0.2) is 0 Å². The fourth-order valence-corrected chi connectivity index (χ4v) is 2.91. The third-order valence-corrected chi connectivity index (χ3v) is 3.93. The minimum atomic E-state index is 0.0379. The highest BCUT2D eigenvalue weighted by atomic mass is 35.5. The van der Waals surface area contributed by atoms with E-state index in [0.717, 1.165) is 25.8 Å². The third kappa shape index (κ3) is 4.22. The number of aliphatic hydroxyl groups excluding tert-OH is 1. The molecule has 1 aromatic heterocycles. The highest BCUT2D eigenvalue weighted by molar-refractivity contribution is 6.31. The van der Waals surface area contributed by atoms with Crippen molar-refractivity contribution >= 4 is 17.5 Å². The Morgan fingerprint density at radius 2 is 2.19 bits per heavy atom. The summed E-state index contributed by atoms with van der Waals surface area (Å²) in [5.74, 6) is 0.0379. The van der Waals surface area contributed by atoms with E-state index in [4.69, 9.17) is 21.4 Å². The van der Waals surface area contributed by atoms with Crippen LogP contribution in [0.2, 0.25) is 5.02 Å². The van der Waals surface area contributed by atoms with E-state index >= 15 is 0 Å². The lowest BCUT2D eigenvalue weighted by atomic mass is 10.1. The summed E-state index contributed by atoms with van der Waals surface area (Å²) in [6, 6.07) is 1.74. The molecule has 118 valence electrons. The second kappa shape index (κ2) is 7.82. The normalized spacial score (nSPS) is 16.4. The van der Waals surface area contributed by atoms with E-state index in [1.165, 1.54) is 0 Å². The number of aliphatic hydroxyl groups is 1. The van der Waals surface area contributed by atoms with E-state index in [2.05, 4.69) is 6.92 Å². The van der Waals surface area contributed by atoms with Crippen LogP contribution in [0.4, 0.5) is 0 Å². The van der Waals surface area contributed by atoms with Gasteiger partial charge in [-0.05, 0) is 25.3 Å². The smallest absolute Gasteiger partial charge is 0.270 e. The molecule has 1 aromatic rings. The highest BCUT2D eigenvalue weighted by Gasteiger charge is 2.25. The highest BCUT2D eigenvalue weighted by Crippen LogP contribution is 2.20. The topological polar surface area (TPSA) is 54.7 Å². The molecule has 0 bridgehead atoms. The van der Waals surface area contributed by atoms with Crippen molar-refractivity contribution in [3.63, 3.8) is 0 Å². The van der Waals surface area contributed by atoms with Crippen LogP contribution in [0, 0.1) is 0 Å². The van der Waals surface area contributed by atoms with Crippen molar-refractivity contribution < 1.29 is 14.6 Å². The first-order valence-electron chi connectivity index (χ1n) is 7.53. The van der Waals surface area contributed by atoms with Gasteiger partial charge >= 0.3 is 0 Å². The third-order valence-electron chi connectivity index (χ3n) is 3.72. The van der Waals surface area contributed by atoms with Crippen molar-refractivity contribution in [1.29, 1.82) is 0 Å². The Bertz CT molecular complexity index is 467. The van der Waals surface area contributed by atoms with Gasteiger partial charge < -0.3 is 19.3 Å². The number of hydrogen-bond acceptors (Lipinski definition) is 3. The van der Waals surface area contributed by atoms with Crippen LogP contribution in [-0.2, 0) is 11.3 Å². The summed E-state index contributed by atoms with van der Waals surface area (Å²) < 4.78 is 7.45. The number of carbonyl (C=O) groups excluding carboxylic acids is 1. The number of piperidine rings is 1. The van der Waals surface area contributed by atoms with Crippen LogP contribution >= 0.6 is 11.6 Å². The predicted octanol–water partition coefficient (Wildman–Crippen LogP) is 2.17. The molecule has 0 radical (unpaired) electrons. The van der Waals surface area contributed by atoms with Crippen LogP contribution in [0.5, 0.6) is 0 Å². The number of amides is 1. The fraction of sp³-hybridized carbons (Fsp3) is 0.667. The first kappa shape index (κ1) is 16.3. The van der Waals surface area contributed by atoms with Crippen LogP contribution in [0.25, 0.3) is 0 Å². The van der Waals surface area contributed by atoms with Crippen LogP contribution in [0.15, 0.2) is 12.3 Å². The SMILES string of the molecule is CCCn1cc(Cl)cc1C(=O)N1CCC(OCCO)CC1. The van der Waals surface area contributed by atoms with Crippen LogP contribution in [-0.4, -0.2) is 52.9 Å². The Labute approximate surface area is 130 Å². The van der Waals surface area contributed by atoms with Crippen LogP contribution in [0.3, 0.4) is 0 Å². The number of halogens is 1. The molecule has 5 nitrogen and oxygen atoms in total. The molecule has 0 spiro atoms. The van der Waals surface area contributed by atoms with Gasteiger partial charge in [-0.1, -0.05) is 18.5 Å². The second-order valence-corrected chi connectivity index (χ2v) is 5.76. The molecular formula is C15H23ClN2O3. The number of aryl methyl sites for hydroxylation is 1. The number of carbonyl (C=O) groups is 1. The zero-order valence-electron chi connectivity index (χ0n) is 12.4. The Morgan fingerprint density at radius 1 is 1.48 bits per heavy atom. The number of hydrogen-bond donors (Lipinski definition) is 1. The quantitative estimate of drug-likeness (QED) is 0.875. The monoisotopic (exact) mass is 314 g/mol. The minimum Gasteiger partial charge on any atom is -0.394 e. The molecule has 0 atom stereocenters. The molecule has 0 unspecified atom stereocenters. The Morgan fingerprint density at radius 3 is 2.81 bits per heavy atom. The van der Waals surface area contributed by atoms with Gasteiger partial charge in [0.1, 0.15) is 5.69 Å². The summed E-state index contributed by atoms with van der Waals surface area (Å²) in [4.78, 5) is 14.5. The molecular weight excluding hydrogens is 292 g/mol. The molecule has 1 saturated heterocycles. The molecule has 1 aliphatic heterocycles.